The van der Waals surface area contributed by atoms with Crippen LogP contribution in [0.4, 0.5) is 4.39 Å². The van der Waals surface area contributed by atoms with E-state index in [-0.39, 0.29) is 12.1 Å². The number of benzene rings is 1. The Balaban J connectivity index is 3.12. The average Bonchev–Trinajstić information content (AvgIpc) is 2.27. The van der Waals surface area contributed by atoms with Crippen LogP contribution < -0.4 is 9.47 Å². The molecule has 15 heavy (non-hydrogen) atoms. The van der Waals surface area contributed by atoms with Crippen molar-refractivity contribution in [1.29, 1.82) is 0 Å². The van der Waals surface area contributed by atoms with Gasteiger partial charge in [-0.15, -0.1) is 0 Å². The number of hydrogen-bond donors (Lipinski definition) is 0. The molecule has 0 radical (unpaired) electrons. The molecule has 0 unspecified atom stereocenters. The number of isocyanates is 1. The Kier molecular flexibility index (Phi) is 3.83. The van der Waals surface area contributed by atoms with E-state index in [0.29, 0.717) is 11.5 Å². The molecule has 0 aliphatic heterocycles. The van der Waals surface area contributed by atoms with Crippen LogP contribution in [-0.2, 0) is 11.3 Å². The van der Waals surface area contributed by atoms with Crippen molar-refractivity contribution in [2.45, 2.75) is 6.54 Å². The van der Waals surface area contributed by atoms with E-state index in [1.807, 2.05) is 0 Å². The maximum absolute atomic E-state index is 13.4. The van der Waals surface area contributed by atoms with Gasteiger partial charge in [0.2, 0.25) is 6.08 Å². The summed E-state index contributed by atoms with van der Waals surface area (Å²) in [4.78, 5) is 13.2. The van der Waals surface area contributed by atoms with Crippen LogP contribution in [0.5, 0.6) is 11.5 Å². The van der Waals surface area contributed by atoms with Gasteiger partial charge >= 0.3 is 0 Å². The van der Waals surface area contributed by atoms with Crippen LogP contribution in [0.1, 0.15) is 5.56 Å². The maximum Gasteiger partial charge on any atom is 0.235 e. The maximum atomic E-state index is 13.4. The summed E-state index contributed by atoms with van der Waals surface area (Å²) in [7, 11) is 2.86. The summed E-state index contributed by atoms with van der Waals surface area (Å²) in [6.07, 6.45) is 1.35. The van der Waals surface area contributed by atoms with Gasteiger partial charge in [0, 0.05) is 11.6 Å². The SMILES string of the molecule is COc1cc(F)c(CN=C=O)cc1OC. The minimum Gasteiger partial charge on any atom is -0.493 e. The second-order valence-electron chi connectivity index (χ2n) is 2.71. The molecule has 5 heteroatoms. The molecule has 0 amide bonds. The first-order valence-electron chi connectivity index (χ1n) is 4.17. The molecule has 4 nitrogen and oxygen atoms in total. The highest BCUT2D eigenvalue weighted by Crippen LogP contribution is 2.29. The van der Waals surface area contributed by atoms with Gasteiger partial charge in [0.25, 0.3) is 0 Å². The van der Waals surface area contributed by atoms with E-state index in [1.165, 1.54) is 32.4 Å². The predicted octanol–water partition coefficient (Wildman–Crippen LogP) is 1.68. The lowest BCUT2D eigenvalue weighted by Gasteiger charge is -2.09. The van der Waals surface area contributed by atoms with Crippen molar-refractivity contribution >= 4 is 6.08 Å². The molecule has 0 aliphatic carbocycles. The van der Waals surface area contributed by atoms with Gasteiger partial charge in [-0.2, -0.15) is 0 Å². The molecule has 0 N–H and O–H groups in total. The van der Waals surface area contributed by atoms with Crippen LogP contribution >= 0.6 is 0 Å². The van der Waals surface area contributed by atoms with Gasteiger partial charge in [-0.05, 0) is 6.07 Å². The third kappa shape index (κ3) is 2.54. The number of hydrogen-bond acceptors (Lipinski definition) is 4. The molecule has 0 spiro atoms. The van der Waals surface area contributed by atoms with Gasteiger partial charge in [-0.1, -0.05) is 0 Å². The Hall–Kier alpha value is -1.87. The predicted molar refractivity (Wildman–Crippen MR) is 51.3 cm³/mol. The molecular weight excluding hydrogens is 201 g/mol. The zero-order valence-electron chi connectivity index (χ0n) is 8.41. The Morgan fingerprint density at radius 3 is 2.47 bits per heavy atom. The Labute approximate surface area is 86.3 Å². The highest BCUT2D eigenvalue weighted by atomic mass is 19.1. The molecule has 0 aliphatic rings. The quantitative estimate of drug-likeness (QED) is 0.562. The highest BCUT2D eigenvalue weighted by Gasteiger charge is 2.10. The van der Waals surface area contributed by atoms with Crippen LogP contribution in [0.3, 0.4) is 0 Å². The summed E-state index contributed by atoms with van der Waals surface area (Å²) in [5.41, 5.74) is 0.260. The van der Waals surface area contributed by atoms with E-state index in [2.05, 4.69) is 4.99 Å². The van der Waals surface area contributed by atoms with Crippen LogP contribution in [0.2, 0.25) is 0 Å². The van der Waals surface area contributed by atoms with E-state index in [9.17, 15) is 9.18 Å². The molecule has 1 rings (SSSR count). The molecule has 0 fully saturated rings. The number of methoxy groups -OCH3 is 2. The van der Waals surface area contributed by atoms with Crippen molar-refractivity contribution in [1.82, 2.24) is 0 Å². The van der Waals surface area contributed by atoms with Gasteiger partial charge in [-0.3, -0.25) is 0 Å². The fourth-order valence-electron chi connectivity index (χ4n) is 1.13. The van der Waals surface area contributed by atoms with E-state index < -0.39 is 5.82 Å². The second kappa shape index (κ2) is 5.12. The highest BCUT2D eigenvalue weighted by molar-refractivity contribution is 5.44. The number of carbonyl (C=O) groups excluding carboxylic acids is 1. The molecule has 1 aromatic rings. The summed E-state index contributed by atoms with van der Waals surface area (Å²) in [6.45, 7) is -0.0598. The molecule has 0 bridgehead atoms. The van der Waals surface area contributed by atoms with E-state index in [4.69, 9.17) is 9.47 Å². The van der Waals surface area contributed by atoms with Gasteiger partial charge in [-0.25, -0.2) is 14.2 Å². The van der Waals surface area contributed by atoms with E-state index >= 15 is 0 Å². The lowest BCUT2D eigenvalue weighted by Crippen LogP contribution is -1.95. The number of rotatable bonds is 4. The van der Waals surface area contributed by atoms with Gasteiger partial charge in [0.05, 0.1) is 20.8 Å². The fraction of sp³-hybridized carbons (Fsp3) is 0.300. The number of halogens is 1. The topological polar surface area (TPSA) is 47.9 Å². The zero-order chi connectivity index (χ0) is 11.3. The standard InChI is InChI=1S/C10H10FNO3/c1-14-9-3-7(5-12-6-13)8(11)4-10(9)15-2/h3-4H,5H2,1-2H3. The van der Waals surface area contributed by atoms with Gasteiger partial charge in [0.15, 0.2) is 11.5 Å². The lowest BCUT2D eigenvalue weighted by molar-refractivity contribution is 0.351. The number of aliphatic imine (C=N–C) groups is 1. The van der Waals surface area contributed by atoms with Crippen molar-refractivity contribution in [2.75, 3.05) is 14.2 Å². The Bertz CT molecular complexity index is 400. The van der Waals surface area contributed by atoms with Crippen LogP contribution in [0.25, 0.3) is 0 Å². The van der Waals surface area contributed by atoms with Crippen molar-refractivity contribution in [3.05, 3.63) is 23.5 Å². The zero-order valence-corrected chi connectivity index (χ0v) is 8.41. The largest absolute Gasteiger partial charge is 0.493 e. The van der Waals surface area contributed by atoms with Crippen LogP contribution in [0.15, 0.2) is 17.1 Å². The van der Waals surface area contributed by atoms with Crippen molar-refractivity contribution < 1.29 is 18.7 Å². The summed E-state index contributed by atoms with van der Waals surface area (Å²) in [6, 6.07) is 2.63. The molecule has 0 saturated carbocycles. The third-order valence-corrected chi connectivity index (χ3v) is 1.87. The molecule has 0 saturated heterocycles. The van der Waals surface area contributed by atoms with Gasteiger partial charge < -0.3 is 9.47 Å². The minimum atomic E-state index is -0.494. The van der Waals surface area contributed by atoms with Crippen molar-refractivity contribution in [2.24, 2.45) is 4.99 Å². The smallest absolute Gasteiger partial charge is 0.235 e. The first-order chi connectivity index (χ1) is 7.22. The summed E-state index contributed by atoms with van der Waals surface area (Å²) in [5, 5.41) is 0. The molecule has 0 atom stereocenters. The second-order valence-corrected chi connectivity index (χ2v) is 2.71. The lowest BCUT2D eigenvalue weighted by atomic mass is 10.2. The monoisotopic (exact) mass is 211 g/mol. The normalized spacial score (nSPS) is 9.27. The van der Waals surface area contributed by atoms with Crippen molar-refractivity contribution in [3.63, 3.8) is 0 Å². The Morgan fingerprint density at radius 2 is 1.93 bits per heavy atom. The third-order valence-electron chi connectivity index (χ3n) is 1.87. The minimum absolute atomic E-state index is 0.0598. The summed E-state index contributed by atoms with van der Waals surface area (Å²) < 4.78 is 23.2. The molecule has 0 aromatic heterocycles. The van der Waals surface area contributed by atoms with Crippen LogP contribution in [-0.4, -0.2) is 20.3 Å². The fourth-order valence-corrected chi connectivity index (χ4v) is 1.13. The van der Waals surface area contributed by atoms with E-state index in [0.717, 1.165) is 0 Å². The first-order valence-corrected chi connectivity index (χ1v) is 4.17. The van der Waals surface area contributed by atoms with Gasteiger partial charge in [0.1, 0.15) is 5.82 Å². The Morgan fingerprint density at radius 1 is 1.33 bits per heavy atom. The first kappa shape index (κ1) is 11.2. The average molecular weight is 211 g/mol. The van der Waals surface area contributed by atoms with Crippen LogP contribution in [0, 0.1) is 5.82 Å². The molecule has 1 aromatic carbocycles. The molecular formula is C10H10FNO3. The van der Waals surface area contributed by atoms with Crippen molar-refractivity contribution in [3.8, 4) is 11.5 Å². The van der Waals surface area contributed by atoms with E-state index in [1.54, 1.807) is 0 Å². The number of nitrogens with zero attached hydrogens (tertiary/aromatic N) is 1. The molecule has 0 heterocycles. The summed E-state index contributed by atoms with van der Waals surface area (Å²) >= 11 is 0. The summed E-state index contributed by atoms with van der Waals surface area (Å²) in [5.74, 6) is 0.204. The molecule has 80 valence electrons. The number of ether oxygens (including phenoxy) is 2.